The molecule has 320 valence electrons. The number of fused-ring (bicyclic) bond motifs is 2. The molecular weight excluding hydrogens is 784 g/mol. The average molecular weight is 833 g/mol. The number of amides is 2. The molecule has 2 aliphatic heterocycles. The lowest BCUT2D eigenvalue weighted by molar-refractivity contribution is -0.315. The topological polar surface area (TPSA) is 310 Å². The van der Waals surface area contributed by atoms with Gasteiger partial charge in [0.25, 0.3) is 11.8 Å². The molecule has 0 radical (unpaired) electrons. The standard InChI is InChI=1S/C41H48N6O13/c1-5-21-24(58-4)14-25(33-31(21)34(52)22-12-18(2)30(35(53)32(22)36(33)54)23(9-11-48)46-40(43)44-3)59-39-37(55)38(56)41(57,26(17-49)60-39)15-20(19-8-10-45-27(42)13-19)16-47-28(50)6-7-29(47)51/h6-8,10,12-14,20,23,26,37-39,48-49,53,55-57H,5,9,11,15-17H2,1-4H3,(H2,42,45)(H3,43,44,46)/t20-,23+,26-,37-,38-,39-,41-/m1/s1. The fourth-order valence-corrected chi connectivity index (χ4v) is 8.27. The molecular formula is C41H48N6O13. The summed E-state index contributed by atoms with van der Waals surface area (Å²) in [5, 5.41) is 70.6. The number of imide groups is 1. The van der Waals surface area contributed by atoms with E-state index in [-0.39, 0.29) is 77.1 Å². The Morgan fingerprint density at radius 2 is 1.77 bits per heavy atom. The van der Waals surface area contributed by atoms with Crippen molar-refractivity contribution < 1.29 is 64.0 Å². The van der Waals surface area contributed by atoms with Crippen molar-refractivity contribution in [3.63, 3.8) is 0 Å². The van der Waals surface area contributed by atoms with Gasteiger partial charge in [-0.25, -0.2) is 4.98 Å². The molecule has 0 bridgehead atoms. The quantitative estimate of drug-likeness (QED) is 0.0445. The van der Waals surface area contributed by atoms with Gasteiger partial charge in [0.15, 0.2) is 11.7 Å². The molecule has 7 atom stereocenters. The van der Waals surface area contributed by atoms with Crippen molar-refractivity contribution in [2.24, 2.45) is 10.7 Å². The number of benzene rings is 2. The van der Waals surface area contributed by atoms with Crippen LogP contribution in [0.4, 0.5) is 5.82 Å². The maximum absolute atomic E-state index is 14.7. The second kappa shape index (κ2) is 17.3. The SMILES string of the molecule is CCc1c(OC)cc(O[C@@H]2O[C@H](CO)[C@](O)(C[C@H](CN3C(=O)C=CC3=O)c3ccnc(N)c3)[C@H](O)[C@H]2O)c2c1C(=O)c1cc(C)c([C@H](CCO)NC(N)=NC)c(O)c1C2=O. The minimum Gasteiger partial charge on any atom is -0.507 e. The molecule has 0 spiro atoms. The molecule has 2 aromatic carbocycles. The van der Waals surface area contributed by atoms with Crippen LogP contribution in [0.25, 0.3) is 0 Å². The number of phenolic OH excluding ortho intramolecular Hbond substituents is 1. The van der Waals surface area contributed by atoms with E-state index in [4.69, 9.17) is 25.7 Å². The van der Waals surface area contributed by atoms with Crippen molar-refractivity contribution in [3.05, 3.63) is 87.1 Å². The fraction of sp³-hybridized carbons (Fsp3) is 0.415. The lowest BCUT2D eigenvalue weighted by atomic mass is 9.75. The zero-order valence-electron chi connectivity index (χ0n) is 33.3. The normalized spacial score (nSPS) is 23.7. The Morgan fingerprint density at radius 3 is 2.37 bits per heavy atom. The lowest BCUT2D eigenvalue weighted by Gasteiger charge is -2.49. The molecule has 60 heavy (non-hydrogen) atoms. The summed E-state index contributed by atoms with van der Waals surface area (Å²) in [4.78, 5) is 63.1. The largest absolute Gasteiger partial charge is 0.507 e. The molecule has 11 N–H and O–H groups in total. The number of nitrogens with two attached hydrogens (primary N) is 2. The van der Waals surface area contributed by atoms with Crippen LogP contribution in [-0.2, 0) is 20.7 Å². The van der Waals surface area contributed by atoms with Gasteiger partial charge in [-0.15, -0.1) is 0 Å². The van der Waals surface area contributed by atoms with Gasteiger partial charge in [0, 0.05) is 72.8 Å². The molecule has 19 heteroatoms. The first-order valence-corrected chi connectivity index (χ1v) is 19.1. The van der Waals surface area contributed by atoms with Crippen LogP contribution in [0.15, 0.2) is 47.6 Å². The predicted molar refractivity (Wildman–Crippen MR) is 212 cm³/mol. The molecule has 3 heterocycles. The van der Waals surface area contributed by atoms with Gasteiger partial charge in [-0.1, -0.05) is 6.92 Å². The molecule has 19 nitrogen and oxygen atoms in total. The number of guanidine groups is 1. The van der Waals surface area contributed by atoms with Crippen LogP contribution in [0.3, 0.4) is 0 Å². The van der Waals surface area contributed by atoms with E-state index >= 15 is 0 Å². The second-order valence-electron chi connectivity index (χ2n) is 14.8. The minimum atomic E-state index is -2.46. The third kappa shape index (κ3) is 7.66. The van der Waals surface area contributed by atoms with Crippen LogP contribution in [0.2, 0.25) is 0 Å². The first kappa shape index (κ1) is 43.6. The van der Waals surface area contributed by atoms with Gasteiger partial charge in [0.2, 0.25) is 12.1 Å². The number of phenols is 1. The molecule has 1 aromatic heterocycles. The predicted octanol–water partition coefficient (Wildman–Crippen LogP) is -0.370. The third-order valence-electron chi connectivity index (χ3n) is 11.3. The number of hydrogen-bond acceptors (Lipinski definition) is 16. The van der Waals surface area contributed by atoms with Crippen molar-refractivity contribution in [1.29, 1.82) is 0 Å². The highest BCUT2D eigenvalue weighted by molar-refractivity contribution is 6.31. The highest BCUT2D eigenvalue weighted by atomic mass is 16.7. The Hall–Kier alpha value is -5.96. The van der Waals surface area contributed by atoms with Crippen LogP contribution >= 0.6 is 0 Å². The van der Waals surface area contributed by atoms with Crippen molar-refractivity contribution in [2.75, 3.05) is 39.6 Å². The van der Waals surface area contributed by atoms with Gasteiger partial charge in [-0.05, 0) is 55.5 Å². The summed E-state index contributed by atoms with van der Waals surface area (Å²) in [7, 11) is 2.77. The summed E-state index contributed by atoms with van der Waals surface area (Å²) >= 11 is 0. The van der Waals surface area contributed by atoms with Crippen molar-refractivity contribution in [2.45, 2.75) is 75.3 Å². The number of hydrogen-bond donors (Lipinski definition) is 9. The van der Waals surface area contributed by atoms with Crippen LogP contribution in [0, 0.1) is 6.92 Å². The first-order chi connectivity index (χ1) is 28.5. The molecule has 0 saturated carbocycles. The number of methoxy groups -OCH3 is 1. The summed E-state index contributed by atoms with van der Waals surface area (Å²) in [5.41, 5.74) is 9.78. The number of aromatic hydroxyl groups is 1. The molecule has 6 rings (SSSR count). The first-order valence-electron chi connectivity index (χ1n) is 19.1. The number of aliphatic hydroxyl groups excluding tert-OH is 4. The van der Waals surface area contributed by atoms with Gasteiger partial charge in [-0.3, -0.25) is 29.1 Å². The average Bonchev–Trinajstić information content (AvgIpc) is 3.54. The molecule has 1 fully saturated rings. The Balaban J connectivity index is 1.40. The van der Waals surface area contributed by atoms with E-state index in [1.54, 1.807) is 13.8 Å². The Kier molecular flexibility index (Phi) is 12.6. The maximum Gasteiger partial charge on any atom is 0.253 e. The number of rotatable bonds is 14. The number of nitrogens with one attached hydrogen (secondary N) is 1. The Labute approximate surface area is 343 Å². The summed E-state index contributed by atoms with van der Waals surface area (Å²) in [6, 6.07) is 4.88. The number of aryl methyl sites for hydroxylation is 1. The van der Waals surface area contributed by atoms with E-state index in [2.05, 4.69) is 15.3 Å². The van der Waals surface area contributed by atoms with Gasteiger partial charge < -0.3 is 61.6 Å². The lowest BCUT2D eigenvalue weighted by Crippen LogP contribution is -2.68. The number of pyridine rings is 1. The number of aliphatic imine (C=N–C) groups is 1. The third-order valence-corrected chi connectivity index (χ3v) is 11.3. The van der Waals surface area contributed by atoms with Crippen LogP contribution < -0.4 is 26.3 Å². The van der Waals surface area contributed by atoms with Crippen LogP contribution in [-0.4, -0.2) is 134 Å². The van der Waals surface area contributed by atoms with E-state index in [9.17, 15) is 49.8 Å². The summed E-state index contributed by atoms with van der Waals surface area (Å²) in [5.74, 6) is -4.42. The molecule has 2 amide bonds. The highest BCUT2D eigenvalue weighted by Gasteiger charge is 2.57. The van der Waals surface area contributed by atoms with E-state index < -0.39 is 84.3 Å². The zero-order chi connectivity index (χ0) is 43.8. The smallest absolute Gasteiger partial charge is 0.253 e. The number of carbonyl (C=O) groups is 4. The van der Waals surface area contributed by atoms with E-state index in [1.807, 2.05) is 0 Å². The summed E-state index contributed by atoms with van der Waals surface area (Å²) < 4.78 is 17.7. The van der Waals surface area contributed by atoms with Gasteiger partial charge >= 0.3 is 0 Å². The van der Waals surface area contributed by atoms with Gasteiger partial charge in [-0.2, -0.15) is 0 Å². The van der Waals surface area contributed by atoms with Crippen LogP contribution in [0.1, 0.15) is 85.8 Å². The van der Waals surface area contributed by atoms with E-state index in [0.29, 0.717) is 16.7 Å². The van der Waals surface area contributed by atoms with E-state index in [0.717, 1.165) is 17.1 Å². The van der Waals surface area contributed by atoms with Gasteiger partial charge in [0.1, 0.15) is 47.0 Å². The summed E-state index contributed by atoms with van der Waals surface area (Å²) in [6.45, 7) is 1.78. The summed E-state index contributed by atoms with van der Waals surface area (Å²) in [6.07, 6.45) is -4.54. The minimum absolute atomic E-state index is 0.0129. The Morgan fingerprint density at radius 1 is 1.07 bits per heavy atom. The molecule has 1 aliphatic carbocycles. The zero-order valence-corrected chi connectivity index (χ0v) is 33.3. The number of anilines is 1. The molecule has 1 saturated heterocycles. The number of nitrogen functional groups attached to an aromatic ring is 1. The second-order valence-corrected chi connectivity index (χ2v) is 14.8. The number of ether oxygens (including phenoxy) is 3. The van der Waals surface area contributed by atoms with Crippen molar-refractivity contribution in [1.82, 2.24) is 15.2 Å². The monoisotopic (exact) mass is 832 g/mol. The van der Waals surface area contributed by atoms with E-state index in [1.165, 1.54) is 44.6 Å². The maximum atomic E-state index is 14.7. The fourth-order valence-electron chi connectivity index (χ4n) is 8.27. The van der Waals surface area contributed by atoms with Crippen molar-refractivity contribution in [3.8, 4) is 17.2 Å². The highest BCUT2D eigenvalue weighted by Crippen LogP contribution is 2.47. The number of carbonyl (C=O) groups excluding carboxylic acids is 4. The number of ketones is 2. The van der Waals surface area contributed by atoms with Gasteiger partial charge in [0.05, 0.1) is 30.9 Å². The molecule has 3 aliphatic rings. The Bertz CT molecular complexity index is 2260. The van der Waals surface area contributed by atoms with Crippen LogP contribution in [0.5, 0.6) is 17.2 Å². The number of nitrogens with zero attached hydrogens (tertiary/aromatic N) is 3. The van der Waals surface area contributed by atoms with Crippen molar-refractivity contribution >= 4 is 35.2 Å². The molecule has 0 unspecified atom stereocenters. The number of aromatic nitrogens is 1. The number of aliphatic hydroxyl groups is 5. The molecule has 3 aromatic rings.